The zero-order valence-electron chi connectivity index (χ0n) is 13.0. The van der Waals surface area contributed by atoms with E-state index in [1.807, 2.05) is 6.92 Å². The van der Waals surface area contributed by atoms with Crippen molar-refractivity contribution in [2.24, 2.45) is 5.92 Å². The molecule has 118 valence electrons. The molecule has 1 saturated carbocycles. The van der Waals surface area contributed by atoms with Crippen molar-refractivity contribution in [2.75, 3.05) is 39.3 Å². The first-order valence-electron chi connectivity index (χ1n) is 7.78. The summed E-state index contributed by atoms with van der Waals surface area (Å²) in [4.78, 5) is 16.4. The van der Waals surface area contributed by atoms with Gasteiger partial charge in [-0.05, 0) is 32.6 Å². The second-order valence-corrected chi connectivity index (χ2v) is 6.56. The van der Waals surface area contributed by atoms with Crippen LogP contribution in [0.15, 0.2) is 0 Å². The summed E-state index contributed by atoms with van der Waals surface area (Å²) in [5.74, 6) is 0.254. The molecule has 2 aliphatic rings. The van der Waals surface area contributed by atoms with Crippen LogP contribution in [0.25, 0.3) is 0 Å². The summed E-state index contributed by atoms with van der Waals surface area (Å²) in [7, 11) is 0. The van der Waals surface area contributed by atoms with E-state index in [1.165, 1.54) is 0 Å². The van der Waals surface area contributed by atoms with Gasteiger partial charge in [-0.25, -0.2) is 0 Å². The highest BCUT2D eigenvalue weighted by molar-refractivity contribution is 5.79. The maximum atomic E-state index is 12.1. The number of amides is 1. The lowest BCUT2D eigenvalue weighted by Crippen LogP contribution is -2.54. The number of β-amino-alcohol motifs (C(OH)–C–C–N with tert-alkyl or cyclic N) is 1. The Morgan fingerprint density at radius 2 is 1.95 bits per heavy atom. The SMILES string of the molecule is C[C@@H](O)CN1CCN(CC(=O)N[C@@](C)(C#N)C2CC2)CC1. The number of nitriles is 1. The second-order valence-electron chi connectivity index (χ2n) is 6.56. The number of nitrogens with one attached hydrogen (secondary N) is 1. The first kappa shape index (κ1) is 16.2. The number of hydrogen-bond acceptors (Lipinski definition) is 5. The molecule has 21 heavy (non-hydrogen) atoms. The average Bonchev–Trinajstić information content (AvgIpc) is 3.25. The number of carbonyl (C=O) groups is 1. The Balaban J connectivity index is 1.73. The van der Waals surface area contributed by atoms with Gasteiger partial charge in [0.25, 0.3) is 0 Å². The lowest BCUT2D eigenvalue weighted by atomic mass is 9.98. The first-order chi connectivity index (χ1) is 9.93. The van der Waals surface area contributed by atoms with E-state index in [0.29, 0.717) is 19.0 Å². The number of rotatable bonds is 6. The minimum absolute atomic E-state index is 0.0603. The van der Waals surface area contributed by atoms with E-state index in [2.05, 4.69) is 21.2 Å². The van der Waals surface area contributed by atoms with Gasteiger partial charge in [0, 0.05) is 32.7 Å². The van der Waals surface area contributed by atoms with Crippen LogP contribution >= 0.6 is 0 Å². The predicted molar refractivity (Wildman–Crippen MR) is 79.4 cm³/mol. The minimum atomic E-state index is -0.703. The third kappa shape index (κ3) is 4.67. The van der Waals surface area contributed by atoms with Crippen LogP contribution in [0.4, 0.5) is 0 Å². The zero-order chi connectivity index (χ0) is 15.5. The van der Waals surface area contributed by atoms with E-state index in [4.69, 9.17) is 0 Å². The molecular formula is C15H26N4O2. The molecule has 0 spiro atoms. The van der Waals surface area contributed by atoms with E-state index < -0.39 is 5.54 Å². The zero-order valence-corrected chi connectivity index (χ0v) is 13.0. The van der Waals surface area contributed by atoms with E-state index in [1.54, 1.807) is 6.92 Å². The van der Waals surface area contributed by atoms with Gasteiger partial charge < -0.3 is 10.4 Å². The standard InChI is InChI=1S/C15H26N4O2/c1-12(20)9-18-5-7-19(8-6-18)10-14(21)17-15(2,11-16)13-3-4-13/h12-13,20H,3-10H2,1-2H3,(H,17,21)/t12-,15+/m1/s1. The molecule has 0 aromatic carbocycles. The Morgan fingerprint density at radius 1 is 1.38 bits per heavy atom. The monoisotopic (exact) mass is 294 g/mol. The molecule has 0 radical (unpaired) electrons. The van der Waals surface area contributed by atoms with E-state index in [0.717, 1.165) is 39.0 Å². The van der Waals surface area contributed by atoms with Gasteiger partial charge in [0.05, 0.1) is 18.7 Å². The number of piperazine rings is 1. The highest BCUT2D eigenvalue weighted by atomic mass is 16.3. The third-order valence-corrected chi connectivity index (χ3v) is 4.38. The van der Waals surface area contributed by atoms with Gasteiger partial charge in [0.15, 0.2) is 0 Å². The Morgan fingerprint density at radius 3 is 2.43 bits per heavy atom. The quantitative estimate of drug-likeness (QED) is 0.709. The summed E-state index contributed by atoms with van der Waals surface area (Å²) in [6, 6.07) is 2.25. The summed E-state index contributed by atoms with van der Waals surface area (Å²) in [6.45, 7) is 8.05. The van der Waals surface area contributed by atoms with Crippen molar-refractivity contribution in [2.45, 2.75) is 38.3 Å². The Bertz CT molecular complexity index is 408. The van der Waals surface area contributed by atoms with Gasteiger partial charge in [0.1, 0.15) is 5.54 Å². The van der Waals surface area contributed by atoms with Crippen LogP contribution in [0.3, 0.4) is 0 Å². The van der Waals surface area contributed by atoms with Gasteiger partial charge in [-0.3, -0.25) is 14.6 Å². The summed E-state index contributed by atoms with van der Waals surface area (Å²) in [5, 5.41) is 21.5. The minimum Gasteiger partial charge on any atom is -0.392 e. The summed E-state index contributed by atoms with van der Waals surface area (Å²) >= 11 is 0. The van der Waals surface area contributed by atoms with Crippen LogP contribution in [-0.2, 0) is 4.79 Å². The van der Waals surface area contributed by atoms with E-state index in [9.17, 15) is 15.2 Å². The fraction of sp³-hybridized carbons (Fsp3) is 0.867. The fourth-order valence-electron chi connectivity index (χ4n) is 2.92. The number of aliphatic hydroxyl groups excluding tert-OH is 1. The topological polar surface area (TPSA) is 79.6 Å². The molecule has 1 heterocycles. The largest absolute Gasteiger partial charge is 0.392 e. The molecule has 2 atom stereocenters. The molecule has 2 fully saturated rings. The van der Waals surface area contributed by atoms with Gasteiger partial charge in [0.2, 0.25) is 5.91 Å². The van der Waals surface area contributed by atoms with Crippen molar-refractivity contribution in [3.05, 3.63) is 0 Å². The van der Waals surface area contributed by atoms with Crippen LogP contribution in [-0.4, -0.2) is 71.7 Å². The van der Waals surface area contributed by atoms with Crippen LogP contribution < -0.4 is 5.32 Å². The van der Waals surface area contributed by atoms with Crippen molar-refractivity contribution in [1.82, 2.24) is 15.1 Å². The van der Waals surface area contributed by atoms with Crippen molar-refractivity contribution in [3.8, 4) is 6.07 Å². The van der Waals surface area contributed by atoms with Crippen molar-refractivity contribution in [1.29, 1.82) is 5.26 Å². The molecule has 1 aliphatic heterocycles. The van der Waals surface area contributed by atoms with Crippen LogP contribution in [0, 0.1) is 17.2 Å². The number of hydrogen-bond donors (Lipinski definition) is 2. The lowest BCUT2D eigenvalue weighted by Gasteiger charge is -2.35. The second kappa shape index (κ2) is 6.73. The molecule has 1 amide bonds. The summed E-state index contributed by atoms with van der Waals surface area (Å²) in [5.41, 5.74) is -0.703. The molecule has 0 bridgehead atoms. The maximum absolute atomic E-state index is 12.1. The molecule has 0 unspecified atom stereocenters. The van der Waals surface area contributed by atoms with Gasteiger partial charge >= 0.3 is 0 Å². The van der Waals surface area contributed by atoms with E-state index >= 15 is 0 Å². The molecule has 6 nitrogen and oxygen atoms in total. The van der Waals surface area contributed by atoms with Crippen LogP contribution in [0.1, 0.15) is 26.7 Å². The third-order valence-electron chi connectivity index (χ3n) is 4.38. The lowest BCUT2D eigenvalue weighted by molar-refractivity contribution is -0.124. The normalized spacial score (nSPS) is 24.9. The van der Waals surface area contributed by atoms with Crippen molar-refractivity contribution >= 4 is 5.91 Å². The molecular weight excluding hydrogens is 268 g/mol. The number of nitrogens with zero attached hydrogens (tertiary/aromatic N) is 3. The van der Waals surface area contributed by atoms with Gasteiger partial charge in [-0.1, -0.05) is 0 Å². The Kier molecular flexibility index (Phi) is 5.20. The van der Waals surface area contributed by atoms with E-state index in [-0.39, 0.29) is 12.0 Å². The Hall–Kier alpha value is -1.16. The molecule has 6 heteroatoms. The van der Waals surface area contributed by atoms with Crippen molar-refractivity contribution < 1.29 is 9.90 Å². The molecule has 1 aliphatic carbocycles. The highest BCUT2D eigenvalue weighted by Gasteiger charge is 2.43. The molecule has 2 rings (SSSR count). The van der Waals surface area contributed by atoms with Crippen molar-refractivity contribution in [3.63, 3.8) is 0 Å². The highest BCUT2D eigenvalue weighted by Crippen LogP contribution is 2.39. The maximum Gasteiger partial charge on any atom is 0.235 e. The summed E-state index contributed by atoms with van der Waals surface area (Å²) in [6.07, 6.45) is 1.75. The van der Waals surface area contributed by atoms with Gasteiger partial charge in [-0.15, -0.1) is 0 Å². The summed E-state index contributed by atoms with van der Waals surface area (Å²) < 4.78 is 0. The number of carbonyl (C=O) groups excluding carboxylic acids is 1. The molecule has 2 N–H and O–H groups in total. The van der Waals surface area contributed by atoms with Gasteiger partial charge in [-0.2, -0.15) is 5.26 Å². The van der Waals surface area contributed by atoms with Crippen LogP contribution in [0.2, 0.25) is 0 Å². The molecule has 0 aromatic heterocycles. The molecule has 1 saturated heterocycles. The predicted octanol–water partition coefficient (Wildman–Crippen LogP) is -0.207. The van der Waals surface area contributed by atoms with Crippen LogP contribution in [0.5, 0.6) is 0 Å². The average molecular weight is 294 g/mol. The molecule has 0 aromatic rings. The Labute approximate surface area is 126 Å². The fourth-order valence-corrected chi connectivity index (χ4v) is 2.92. The number of aliphatic hydroxyl groups is 1. The first-order valence-corrected chi connectivity index (χ1v) is 7.78. The smallest absolute Gasteiger partial charge is 0.235 e.